The van der Waals surface area contributed by atoms with Gasteiger partial charge in [-0.3, -0.25) is 37.3 Å². The molecule has 0 saturated carbocycles. The minimum Gasteiger partial charge on any atom is -0.462 e. The van der Waals surface area contributed by atoms with E-state index in [1.165, 1.54) is 257 Å². The summed E-state index contributed by atoms with van der Waals surface area (Å²) in [7, 11) is -9.92. The van der Waals surface area contributed by atoms with Crippen molar-refractivity contribution in [1.82, 2.24) is 0 Å². The lowest BCUT2D eigenvalue weighted by Gasteiger charge is -2.21. The predicted molar refractivity (Wildman–Crippen MR) is 409 cm³/mol. The largest absolute Gasteiger partial charge is 0.472 e. The number of phosphoric acid groups is 2. The molecule has 3 unspecified atom stereocenters. The van der Waals surface area contributed by atoms with Gasteiger partial charge in [0.1, 0.15) is 19.3 Å². The SMILES string of the molecule is CCCCCCCCCCCCCCCCCCCCC(=O)OC[C@H](COP(=O)(O)OC[C@@H](O)COP(=O)(O)OC[C@@H](COC(=O)CCCCCCCCCCCCCC)OC(=O)CCCCCCCCCCC(C)CC)OC(=O)CCCCCCCCCCCCCCCCCCCC. The molecule has 100 heavy (non-hydrogen) atoms. The number of hydrogen-bond acceptors (Lipinski definition) is 15. The average Bonchev–Trinajstić information content (AvgIpc) is 0.943. The van der Waals surface area contributed by atoms with Gasteiger partial charge in [0.2, 0.25) is 0 Å². The number of rotatable bonds is 81. The summed E-state index contributed by atoms with van der Waals surface area (Å²) >= 11 is 0. The van der Waals surface area contributed by atoms with E-state index in [4.69, 9.17) is 37.0 Å². The lowest BCUT2D eigenvalue weighted by atomic mass is 9.99. The Bertz CT molecular complexity index is 1910. The monoisotopic (exact) mass is 1470 g/mol. The van der Waals surface area contributed by atoms with Crippen molar-refractivity contribution in [3.8, 4) is 0 Å². The fourth-order valence-corrected chi connectivity index (χ4v) is 14.1. The second kappa shape index (κ2) is 73.9. The highest BCUT2D eigenvalue weighted by atomic mass is 31.2. The molecule has 0 heterocycles. The Hall–Kier alpha value is -1.94. The number of esters is 4. The third-order valence-corrected chi connectivity index (χ3v) is 21.3. The molecule has 0 aromatic carbocycles. The van der Waals surface area contributed by atoms with Crippen molar-refractivity contribution in [1.29, 1.82) is 0 Å². The Kier molecular flexibility index (Phi) is 72.5. The van der Waals surface area contributed by atoms with Crippen LogP contribution in [0, 0.1) is 5.92 Å². The Labute approximate surface area is 613 Å². The molecule has 0 spiro atoms. The van der Waals surface area contributed by atoms with Crippen LogP contribution in [0.5, 0.6) is 0 Å². The molecule has 0 saturated heterocycles. The van der Waals surface area contributed by atoms with E-state index in [1.54, 1.807) is 0 Å². The molecule has 17 nitrogen and oxygen atoms in total. The van der Waals surface area contributed by atoms with E-state index in [2.05, 4.69) is 34.6 Å². The van der Waals surface area contributed by atoms with Crippen LogP contribution < -0.4 is 0 Å². The van der Waals surface area contributed by atoms with Crippen LogP contribution in [0.25, 0.3) is 0 Å². The molecule has 594 valence electrons. The Morgan fingerprint density at radius 2 is 0.480 bits per heavy atom. The topological polar surface area (TPSA) is 237 Å². The van der Waals surface area contributed by atoms with Crippen LogP contribution in [0.15, 0.2) is 0 Å². The van der Waals surface area contributed by atoms with Gasteiger partial charge in [-0.15, -0.1) is 0 Å². The van der Waals surface area contributed by atoms with E-state index < -0.39 is 97.5 Å². The summed E-state index contributed by atoms with van der Waals surface area (Å²) in [5, 5.41) is 10.6. The molecule has 0 aromatic rings. The molecule has 3 N–H and O–H groups in total. The second-order valence-corrected chi connectivity index (χ2v) is 32.3. The van der Waals surface area contributed by atoms with Gasteiger partial charge in [-0.1, -0.05) is 381 Å². The van der Waals surface area contributed by atoms with Crippen molar-refractivity contribution < 1.29 is 80.2 Å². The van der Waals surface area contributed by atoms with Gasteiger partial charge in [-0.25, -0.2) is 9.13 Å². The van der Waals surface area contributed by atoms with Gasteiger partial charge < -0.3 is 33.8 Å². The molecule has 6 atom stereocenters. The summed E-state index contributed by atoms with van der Waals surface area (Å²) in [6.45, 7) is 7.33. The van der Waals surface area contributed by atoms with Crippen LogP contribution >= 0.6 is 15.6 Å². The first-order valence-corrected chi connectivity index (χ1v) is 45.2. The van der Waals surface area contributed by atoms with Gasteiger partial charge in [0.25, 0.3) is 0 Å². The number of hydrogen-bond donors (Lipinski definition) is 3. The zero-order valence-electron chi connectivity index (χ0n) is 65.3. The number of carbonyl (C=O) groups excluding carboxylic acids is 4. The fourth-order valence-electron chi connectivity index (χ4n) is 12.6. The maximum absolute atomic E-state index is 13.1. The number of aliphatic hydroxyl groups is 1. The van der Waals surface area contributed by atoms with Crippen LogP contribution in [0.2, 0.25) is 0 Å². The summed E-state index contributed by atoms with van der Waals surface area (Å²) in [6.07, 6.45) is 65.1. The smallest absolute Gasteiger partial charge is 0.462 e. The van der Waals surface area contributed by atoms with Crippen molar-refractivity contribution in [3.05, 3.63) is 0 Å². The molecule has 0 fully saturated rings. The third-order valence-electron chi connectivity index (χ3n) is 19.4. The number of aliphatic hydroxyl groups excluding tert-OH is 1. The minimum absolute atomic E-state index is 0.106. The summed E-state index contributed by atoms with van der Waals surface area (Å²) < 4.78 is 68.7. The molecule has 0 aliphatic rings. The average molecular weight is 1470 g/mol. The normalized spacial score (nSPS) is 14.1. The standard InChI is InChI=1S/C81H158O17P2/c1-6-10-13-16-19-22-25-28-30-32-34-36-38-41-44-50-55-60-65-79(84)91-70-76(97-80(85)66-61-56-51-45-42-39-37-35-33-31-29-26-23-20-17-14-11-7-2)72-95-99(87,88)93-68-75(82)69-94-100(89,90)96-73-77(98-81(86)67-62-57-52-47-46-48-53-58-63-74(5)9-4)71-92-78(83)64-59-54-49-43-40-27-24-21-18-15-12-8-3/h74-77,82H,6-73H2,1-5H3,(H,87,88)(H,89,90)/t74?,75-,76-,77-/m1/s1. The molecule has 0 aromatic heterocycles. The third kappa shape index (κ3) is 73.0. The van der Waals surface area contributed by atoms with Crippen molar-refractivity contribution in [3.63, 3.8) is 0 Å². The van der Waals surface area contributed by atoms with E-state index in [0.29, 0.717) is 25.7 Å². The molecule has 0 bridgehead atoms. The highest BCUT2D eigenvalue weighted by Gasteiger charge is 2.30. The van der Waals surface area contributed by atoms with E-state index >= 15 is 0 Å². The maximum atomic E-state index is 13.1. The fraction of sp³-hybridized carbons (Fsp3) is 0.951. The van der Waals surface area contributed by atoms with Crippen LogP contribution in [-0.4, -0.2) is 96.7 Å². The van der Waals surface area contributed by atoms with Gasteiger partial charge in [0.15, 0.2) is 12.2 Å². The Balaban J connectivity index is 5.24. The van der Waals surface area contributed by atoms with E-state index in [1.807, 2.05) is 0 Å². The Morgan fingerprint density at radius 1 is 0.280 bits per heavy atom. The summed E-state index contributed by atoms with van der Waals surface area (Å²) in [5.41, 5.74) is 0. The maximum Gasteiger partial charge on any atom is 0.472 e. The van der Waals surface area contributed by atoms with Crippen LogP contribution in [0.1, 0.15) is 433 Å². The molecular weight excluding hydrogens is 1310 g/mol. The van der Waals surface area contributed by atoms with Gasteiger partial charge >= 0.3 is 39.5 Å². The first kappa shape index (κ1) is 98.1. The molecule has 19 heteroatoms. The summed E-state index contributed by atoms with van der Waals surface area (Å²) in [4.78, 5) is 73.0. The van der Waals surface area contributed by atoms with Gasteiger partial charge in [-0.05, 0) is 31.6 Å². The zero-order valence-corrected chi connectivity index (χ0v) is 67.1. The number of phosphoric ester groups is 2. The van der Waals surface area contributed by atoms with Crippen LogP contribution in [0.3, 0.4) is 0 Å². The van der Waals surface area contributed by atoms with Crippen molar-refractivity contribution in [2.75, 3.05) is 39.6 Å². The van der Waals surface area contributed by atoms with Gasteiger partial charge in [0, 0.05) is 25.7 Å². The molecular formula is C81H158O17P2. The van der Waals surface area contributed by atoms with Crippen molar-refractivity contribution in [2.24, 2.45) is 5.92 Å². The molecule has 0 aliphatic heterocycles. The minimum atomic E-state index is -4.96. The predicted octanol–water partition coefficient (Wildman–Crippen LogP) is 24.4. The van der Waals surface area contributed by atoms with Gasteiger partial charge in [-0.2, -0.15) is 0 Å². The lowest BCUT2D eigenvalue weighted by Crippen LogP contribution is -2.30. The molecule has 0 rings (SSSR count). The van der Waals surface area contributed by atoms with E-state index in [-0.39, 0.29) is 25.7 Å². The number of carbonyl (C=O) groups is 4. The van der Waals surface area contributed by atoms with Crippen molar-refractivity contribution in [2.45, 2.75) is 451 Å². The Morgan fingerprint density at radius 3 is 0.710 bits per heavy atom. The lowest BCUT2D eigenvalue weighted by molar-refractivity contribution is -0.161. The van der Waals surface area contributed by atoms with Crippen LogP contribution in [0.4, 0.5) is 0 Å². The molecule has 0 radical (unpaired) electrons. The quantitative estimate of drug-likeness (QED) is 0.0222. The molecule has 0 amide bonds. The van der Waals surface area contributed by atoms with E-state index in [0.717, 1.165) is 95.8 Å². The molecule has 0 aliphatic carbocycles. The summed E-state index contributed by atoms with van der Waals surface area (Å²) in [6, 6.07) is 0. The second-order valence-electron chi connectivity index (χ2n) is 29.4. The number of unbranched alkanes of at least 4 members (excludes halogenated alkanes) is 52. The van der Waals surface area contributed by atoms with Crippen LogP contribution in [-0.2, 0) is 65.4 Å². The van der Waals surface area contributed by atoms with Gasteiger partial charge in [0.05, 0.1) is 26.4 Å². The summed E-state index contributed by atoms with van der Waals surface area (Å²) in [5.74, 6) is -1.34. The highest BCUT2D eigenvalue weighted by molar-refractivity contribution is 7.47. The van der Waals surface area contributed by atoms with E-state index in [9.17, 15) is 43.2 Å². The first-order valence-electron chi connectivity index (χ1n) is 42.2. The first-order chi connectivity index (χ1) is 48.6. The zero-order chi connectivity index (χ0) is 73.4. The van der Waals surface area contributed by atoms with Crippen molar-refractivity contribution >= 4 is 39.5 Å². The highest BCUT2D eigenvalue weighted by Crippen LogP contribution is 2.45. The number of ether oxygens (including phenoxy) is 4.